The van der Waals surface area contributed by atoms with Gasteiger partial charge in [-0.1, -0.05) is 25.1 Å². The molecule has 1 aliphatic carbocycles. The van der Waals surface area contributed by atoms with Gasteiger partial charge in [0.15, 0.2) is 0 Å². The lowest BCUT2D eigenvalue weighted by atomic mass is 9.76. The largest absolute Gasteiger partial charge is 0.459 e. The summed E-state index contributed by atoms with van der Waals surface area (Å²) in [5, 5.41) is 7.46. The lowest BCUT2D eigenvalue weighted by molar-refractivity contribution is 0.0341. The van der Waals surface area contributed by atoms with E-state index in [2.05, 4.69) is 35.1 Å². The predicted molar refractivity (Wildman–Crippen MR) is 85.5 cm³/mol. The number of aromatic nitrogens is 2. The number of nitrogens with two attached hydrogens (primary N) is 1. The normalized spacial score (nSPS) is 20.2. The monoisotopic (exact) mass is 296 g/mol. The lowest BCUT2D eigenvalue weighted by Crippen LogP contribution is -2.42. The second-order valence-electron chi connectivity index (χ2n) is 5.75. The Bertz CT molecular complexity index is 686. The fraction of sp³-hybridized carbons (Fsp3) is 0.353. The molecule has 114 valence electrons. The summed E-state index contributed by atoms with van der Waals surface area (Å²) in [4.78, 5) is 8.23. The number of fused-ring (bicyclic) bond motifs is 1. The molecule has 3 N–H and O–H groups in total. The Morgan fingerprint density at radius 2 is 2.14 bits per heavy atom. The van der Waals surface area contributed by atoms with Crippen molar-refractivity contribution in [2.24, 2.45) is 5.73 Å². The number of benzene rings is 1. The van der Waals surface area contributed by atoms with Crippen molar-refractivity contribution in [1.82, 2.24) is 9.97 Å². The average molecular weight is 296 g/mol. The summed E-state index contributed by atoms with van der Waals surface area (Å²) in [6.07, 6.45) is 8.61. The van der Waals surface area contributed by atoms with Crippen LogP contribution in [0.4, 0.5) is 0 Å². The molecule has 0 radical (unpaired) electrons. The molecule has 2 aromatic rings. The zero-order chi connectivity index (χ0) is 15.6. The van der Waals surface area contributed by atoms with E-state index in [1.54, 1.807) is 6.33 Å². The number of ether oxygens (including phenoxy) is 1. The Labute approximate surface area is 130 Å². The topological polar surface area (TPSA) is 84.9 Å². The number of nitrogens with zero attached hydrogens (tertiary/aromatic N) is 2. The zero-order valence-corrected chi connectivity index (χ0v) is 12.7. The summed E-state index contributed by atoms with van der Waals surface area (Å²) in [6, 6.07) is 6.11. The summed E-state index contributed by atoms with van der Waals surface area (Å²) in [6.45, 7) is 2.09. The standard InChI is InChI=1S/C17H20N4O/c1-2-17(22-16(18)19)7-6-15-12(8-17)4-3-5-14(15)13-9-20-11-21-10-13/h3-5,9-11H,2,6-8H2,1H3,(H3,18,19). The third-order valence-electron chi connectivity index (χ3n) is 4.46. The van der Waals surface area contributed by atoms with Crippen LogP contribution in [0, 0.1) is 5.41 Å². The van der Waals surface area contributed by atoms with Crippen LogP contribution in [0.5, 0.6) is 0 Å². The summed E-state index contributed by atoms with van der Waals surface area (Å²) < 4.78 is 5.67. The number of amidine groups is 1. The molecule has 0 saturated carbocycles. The Balaban J connectivity index is 1.98. The first kappa shape index (κ1) is 14.5. The number of hydrogen-bond donors (Lipinski definition) is 2. The molecule has 0 saturated heterocycles. The van der Waals surface area contributed by atoms with Crippen LogP contribution in [0.3, 0.4) is 0 Å². The van der Waals surface area contributed by atoms with E-state index in [9.17, 15) is 0 Å². The molecular formula is C17H20N4O. The van der Waals surface area contributed by atoms with Gasteiger partial charge in [-0.05, 0) is 36.0 Å². The Kier molecular flexibility index (Phi) is 3.79. The van der Waals surface area contributed by atoms with Crippen LogP contribution in [0.2, 0.25) is 0 Å². The van der Waals surface area contributed by atoms with Crippen LogP contribution in [0.1, 0.15) is 30.9 Å². The van der Waals surface area contributed by atoms with Crippen molar-refractivity contribution in [3.63, 3.8) is 0 Å². The van der Waals surface area contributed by atoms with Crippen molar-refractivity contribution in [1.29, 1.82) is 5.41 Å². The van der Waals surface area contributed by atoms with Gasteiger partial charge in [-0.25, -0.2) is 9.97 Å². The molecule has 0 amide bonds. The maximum Gasteiger partial charge on any atom is 0.279 e. The fourth-order valence-electron chi connectivity index (χ4n) is 3.29. The van der Waals surface area contributed by atoms with Gasteiger partial charge < -0.3 is 10.5 Å². The maximum atomic E-state index is 7.46. The molecule has 5 nitrogen and oxygen atoms in total. The highest BCUT2D eigenvalue weighted by molar-refractivity contribution is 5.69. The van der Waals surface area contributed by atoms with E-state index in [1.165, 1.54) is 16.7 Å². The third kappa shape index (κ3) is 2.66. The number of hydrogen-bond acceptors (Lipinski definition) is 4. The molecule has 1 atom stereocenters. The van der Waals surface area contributed by atoms with Crippen molar-refractivity contribution in [3.8, 4) is 11.1 Å². The molecular weight excluding hydrogens is 276 g/mol. The van der Waals surface area contributed by atoms with Gasteiger partial charge >= 0.3 is 0 Å². The second-order valence-corrected chi connectivity index (χ2v) is 5.75. The molecule has 0 aliphatic heterocycles. The van der Waals surface area contributed by atoms with Crippen molar-refractivity contribution >= 4 is 6.02 Å². The highest BCUT2D eigenvalue weighted by Gasteiger charge is 2.36. The van der Waals surface area contributed by atoms with E-state index < -0.39 is 0 Å². The van der Waals surface area contributed by atoms with E-state index >= 15 is 0 Å². The Morgan fingerprint density at radius 3 is 2.82 bits per heavy atom. The minimum Gasteiger partial charge on any atom is -0.459 e. The molecule has 1 heterocycles. The summed E-state index contributed by atoms with van der Waals surface area (Å²) in [5.74, 6) is 0. The molecule has 1 aliphatic rings. The first-order valence-corrected chi connectivity index (χ1v) is 7.53. The van der Waals surface area contributed by atoms with Crippen LogP contribution in [0.15, 0.2) is 36.9 Å². The van der Waals surface area contributed by atoms with Crippen molar-refractivity contribution < 1.29 is 4.74 Å². The van der Waals surface area contributed by atoms with Gasteiger partial charge in [0.25, 0.3) is 6.02 Å². The highest BCUT2D eigenvalue weighted by Crippen LogP contribution is 2.38. The van der Waals surface area contributed by atoms with Crippen molar-refractivity contribution in [2.75, 3.05) is 0 Å². The van der Waals surface area contributed by atoms with E-state index in [1.807, 2.05) is 12.4 Å². The van der Waals surface area contributed by atoms with E-state index in [4.69, 9.17) is 15.9 Å². The summed E-state index contributed by atoms with van der Waals surface area (Å²) >= 11 is 0. The number of rotatable bonds is 3. The van der Waals surface area contributed by atoms with Gasteiger partial charge in [-0.2, -0.15) is 0 Å². The van der Waals surface area contributed by atoms with E-state index in [-0.39, 0.29) is 11.6 Å². The van der Waals surface area contributed by atoms with Gasteiger partial charge in [0.1, 0.15) is 11.9 Å². The minimum absolute atomic E-state index is 0.196. The van der Waals surface area contributed by atoms with Gasteiger partial charge in [0.2, 0.25) is 0 Å². The smallest absolute Gasteiger partial charge is 0.279 e. The zero-order valence-electron chi connectivity index (χ0n) is 12.7. The van der Waals surface area contributed by atoms with E-state index in [0.29, 0.717) is 0 Å². The average Bonchev–Trinajstić information content (AvgIpc) is 2.54. The fourth-order valence-corrected chi connectivity index (χ4v) is 3.29. The second kappa shape index (κ2) is 5.75. The van der Waals surface area contributed by atoms with Gasteiger partial charge in [-0.3, -0.25) is 5.41 Å². The molecule has 1 aromatic heterocycles. The molecule has 0 spiro atoms. The first-order valence-electron chi connectivity index (χ1n) is 7.53. The molecule has 3 rings (SSSR count). The molecule has 5 heteroatoms. The minimum atomic E-state index is -0.357. The molecule has 1 unspecified atom stereocenters. The van der Waals surface area contributed by atoms with Crippen LogP contribution >= 0.6 is 0 Å². The third-order valence-corrected chi connectivity index (χ3v) is 4.46. The van der Waals surface area contributed by atoms with Crippen LogP contribution < -0.4 is 5.73 Å². The van der Waals surface area contributed by atoms with Crippen LogP contribution in [-0.4, -0.2) is 21.6 Å². The van der Waals surface area contributed by atoms with E-state index in [0.717, 1.165) is 31.2 Å². The molecule has 1 aromatic carbocycles. The number of nitrogens with one attached hydrogen (secondary N) is 1. The van der Waals surface area contributed by atoms with Crippen LogP contribution in [-0.2, 0) is 17.6 Å². The SMILES string of the molecule is CCC1(OC(=N)N)CCc2c(cccc2-c2cncnc2)C1. The van der Waals surface area contributed by atoms with Crippen molar-refractivity contribution in [3.05, 3.63) is 48.0 Å². The maximum absolute atomic E-state index is 7.46. The van der Waals surface area contributed by atoms with Gasteiger partial charge in [0.05, 0.1) is 0 Å². The lowest BCUT2D eigenvalue weighted by Gasteiger charge is -2.37. The predicted octanol–water partition coefficient (Wildman–Crippen LogP) is 2.69. The first-order chi connectivity index (χ1) is 10.6. The van der Waals surface area contributed by atoms with Gasteiger partial charge in [-0.15, -0.1) is 0 Å². The summed E-state index contributed by atoms with van der Waals surface area (Å²) in [5.41, 5.74) is 9.92. The Morgan fingerprint density at radius 1 is 1.36 bits per heavy atom. The highest BCUT2D eigenvalue weighted by atomic mass is 16.5. The van der Waals surface area contributed by atoms with Crippen molar-refractivity contribution in [2.45, 2.75) is 38.2 Å². The van der Waals surface area contributed by atoms with Gasteiger partial charge in [0, 0.05) is 24.4 Å². The molecule has 0 fully saturated rings. The Hall–Kier alpha value is -2.43. The van der Waals surface area contributed by atoms with Crippen LogP contribution in [0.25, 0.3) is 11.1 Å². The summed E-state index contributed by atoms with van der Waals surface area (Å²) in [7, 11) is 0. The molecule has 0 bridgehead atoms. The quantitative estimate of drug-likeness (QED) is 0.673. The molecule has 22 heavy (non-hydrogen) atoms.